The summed E-state index contributed by atoms with van der Waals surface area (Å²) >= 11 is 0. The Hall–Kier alpha value is -0.820. The highest BCUT2D eigenvalue weighted by molar-refractivity contribution is 5.85. The summed E-state index contributed by atoms with van der Waals surface area (Å²) in [6.07, 6.45) is -3.86. The van der Waals surface area contributed by atoms with E-state index in [1.54, 1.807) is 0 Å². The highest BCUT2D eigenvalue weighted by atomic mass is 35.5. The van der Waals surface area contributed by atoms with E-state index in [1.807, 2.05) is 6.92 Å². The first kappa shape index (κ1) is 15.2. The molecule has 1 aliphatic heterocycles. The third kappa shape index (κ3) is 3.58. The molecule has 8 heteroatoms. The van der Waals surface area contributed by atoms with E-state index in [9.17, 15) is 13.2 Å². The Bertz CT molecular complexity index is 388. The molecule has 0 unspecified atom stereocenters. The summed E-state index contributed by atoms with van der Waals surface area (Å²) in [6, 6.07) is 0. The maximum atomic E-state index is 12.2. The maximum Gasteiger partial charge on any atom is 0.397 e. The summed E-state index contributed by atoms with van der Waals surface area (Å²) in [5.74, 6) is 0.0329. The second kappa shape index (κ2) is 5.44. The molecule has 1 aliphatic rings. The fourth-order valence-electron chi connectivity index (χ4n) is 1.95. The number of piperidine rings is 1. The van der Waals surface area contributed by atoms with E-state index in [1.165, 1.54) is 0 Å². The lowest BCUT2D eigenvalue weighted by molar-refractivity contribution is -0.131. The molecule has 0 atom stereocenters. The van der Waals surface area contributed by atoms with Crippen LogP contribution in [0, 0.1) is 0 Å². The van der Waals surface area contributed by atoms with Crippen molar-refractivity contribution in [2.75, 3.05) is 13.1 Å². The molecule has 104 valence electrons. The minimum atomic E-state index is -4.31. The zero-order valence-electron chi connectivity index (χ0n) is 9.88. The summed E-state index contributed by atoms with van der Waals surface area (Å²) < 4.78 is 41.1. The fraction of sp³-hybridized carbons (Fsp3) is 0.800. The fourth-order valence-corrected chi connectivity index (χ4v) is 1.95. The Kier molecular flexibility index (Phi) is 4.61. The molecule has 1 aromatic heterocycles. The molecule has 1 aromatic rings. The Morgan fingerprint density at radius 1 is 1.33 bits per heavy atom. The van der Waals surface area contributed by atoms with E-state index in [0.29, 0.717) is 5.82 Å². The monoisotopic (exact) mass is 285 g/mol. The largest absolute Gasteiger partial charge is 0.397 e. The van der Waals surface area contributed by atoms with Gasteiger partial charge in [0.2, 0.25) is 5.89 Å². The third-order valence-electron chi connectivity index (χ3n) is 3.07. The van der Waals surface area contributed by atoms with E-state index >= 15 is 0 Å². The van der Waals surface area contributed by atoms with Crippen LogP contribution in [0.25, 0.3) is 0 Å². The van der Waals surface area contributed by atoms with Gasteiger partial charge in [0.05, 0.1) is 0 Å². The standard InChI is InChI=1S/C10H14F3N3O.ClH/c1-9(2-4-14-5-3-9)8-15-7(17-16-8)6-10(11,12)13;/h14H,2-6H2,1H3;1H. The van der Waals surface area contributed by atoms with Crippen LogP contribution in [0.4, 0.5) is 13.2 Å². The molecule has 0 aliphatic carbocycles. The summed E-state index contributed by atoms with van der Waals surface area (Å²) in [5, 5.41) is 6.87. The van der Waals surface area contributed by atoms with Crippen molar-refractivity contribution in [2.45, 2.75) is 37.8 Å². The number of alkyl halides is 3. The third-order valence-corrected chi connectivity index (χ3v) is 3.07. The quantitative estimate of drug-likeness (QED) is 0.905. The van der Waals surface area contributed by atoms with Crippen molar-refractivity contribution in [1.29, 1.82) is 0 Å². The second-order valence-electron chi connectivity index (χ2n) is 4.61. The van der Waals surface area contributed by atoms with Crippen molar-refractivity contribution in [2.24, 2.45) is 0 Å². The smallest absolute Gasteiger partial charge is 0.339 e. The van der Waals surface area contributed by atoms with Crippen LogP contribution < -0.4 is 5.32 Å². The molecule has 2 heterocycles. The number of rotatable bonds is 2. The van der Waals surface area contributed by atoms with Gasteiger partial charge < -0.3 is 9.84 Å². The van der Waals surface area contributed by atoms with Crippen LogP contribution in [0.2, 0.25) is 0 Å². The van der Waals surface area contributed by atoms with Gasteiger partial charge in [0.25, 0.3) is 0 Å². The van der Waals surface area contributed by atoms with Crippen LogP contribution in [-0.4, -0.2) is 29.4 Å². The number of nitrogens with one attached hydrogen (secondary N) is 1. The zero-order chi connectivity index (χ0) is 12.5. The predicted molar refractivity (Wildman–Crippen MR) is 60.8 cm³/mol. The lowest BCUT2D eigenvalue weighted by atomic mass is 9.80. The summed E-state index contributed by atoms with van der Waals surface area (Å²) in [6.45, 7) is 3.59. The molecule has 18 heavy (non-hydrogen) atoms. The molecule has 1 fully saturated rings. The Morgan fingerprint density at radius 2 is 1.94 bits per heavy atom. The van der Waals surface area contributed by atoms with Crippen LogP contribution in [0.15, 0.2) is 4.52 Å². The van der Waals surface area contributed by atoms with Gasteiger partial charge in [0.15, 0.2) is 5.82 Å². The van der Waals surface area contributed by atoms with Crippen molar-refractivity contribution in [3.8, 4) is 0 Å². The average Bonchev–Trinajstić information content (AvgIpc) is 2.65. The van der Waals surface area contributed by atoms with Gasteiger partial charge in [-0.25, -0.2) is 0 Å². The second-order valence-corrected chi connectivity index (χ2v) is 4.61. The normalized spacial score (nSPS) is 19.3. The van der Waals surface area contributed by atoms with Crippen LogP contribution in [0.1, 0.15) is 31.5 Å². The molecule has 0 amide bonds. The van der Waals surface area contributed by atoms with Crippen molar-refractivity contribution < 1.29 is 17.7 Å². The van der Waals surface area contributed by atoms with Gasteiger partial charge >= 0.3 is 6.18 Å². The van der Waals surface area contributed by atoms with E-state index in [2.05, 4.69) is 20.0 Å². The van der Waals surface area contributed by atoms with Crippen LogP contribution in [0.3, 0.4) is 0 Å². The number of hydrogen-bond acceptors (Lipinski definition) is 4. The van der Waals surface area contributed by atoms with Gasteiger partial charge in [-0.05, 0) is 25.9 Å². The lowest BCUT2D eigenvalue weighted by Gasteiger charge is -2.30. The van der Waals surface area contributed by atoms with Crippen molar-refractivity contribution in [3.63, 3.8) is 0 Å². The van der Waals surface area contributed by atoms with E-state index in [-0.39, 0.29) is 23.7 Å². The molecule has 1 N–H and O–H groups in total. The predicted octanol–water partition coefficient (Wildman–Crippen LogP) is 2.24. The Labute approximate surface area is 109 Å². The molecule has 4 nitrogen and oxygen atoms in total. The average molecular weight is 286 g/mol. The first-order valence-electron chi connectivity index (χ1n) is 5.50. The summed E-state index contributed by atoms with van der Waals surface area (Å²) in [5.41, 5.74) is -0.279. The molecular formula is C10H15ClF3N3O. The van der Waals surface area contributed by atoms with E-state index < -0.39 is 12.6 Å². The van der Waals surface area contributed by atoms with Crippen LogP contribution >= 0.6 is 12.4 Å². The minimum Gasteiger partial charge on any atom is -0.339 e. The number of nitrogens with zero attached hydrogens (tertiary/aromatic N) is 2. The first-order valence-corrected chi connectivity index (χ1v) is 5.50. The lowest BCUT2D eigenvalue weighted by Crippen LogP contribution is -2.38. The first-order chi connectivity index (χ1) is 7.89. The maximum absolute atomic E-state index is 12.2. The van der Waals surface area contributed by atoms with Gasteiger partial charge in [0, 0.05) is 5.41 Å². The Balaban J connectivity index is 0.00000162. The van der Waals surface area contributed by atoms with Crippen LogP contribution in [-0.2, 0) is 11.8 Å². The minimum absolute atomic E-state index is 0. The molecule has 0 radical (unpaired) electrons. The topological polar surface area (TPSA) is 51.0 Å². The molecule has 0 aromatic carbocycles. The molecule has 0 saturated carbocycles. The van der Waals surface area contributed by atoms with Crippen molar-refractivity contribution in [3.05, 3.63) is 11.7 Å². The van der Waals surface area contributed by atoms with E-state index in [4.69, 9.17) is 0 Å². The molecule has 0 bridgehead atoms. The van der Waals surface area contributed by atoms with Gasteiger partial charge in [-0.3, -0.25) is 0 Å². The number of hydrogen-bond donors (Lipinski definition) is 1. The van der Waals surface area contributed by atoms with Gasteiger partial charge in [-0.15, -0.1) is 12.4 Å². The van der Waals surface area contributed by atoms with Crippen molar-refractivity contribution in [1.82, 2.24) is 15.5 Å². The number of halogens is 4. The molecule has 0 spiro atoms. The number of aromatic nitrogens is 2. The zero-order valence-corrected chi connectivity index (χ0v) is 10.7. The summed E-state index contributed by atoms with van der Waals surface area (Å²) in [7, 11) is 0. The Morgan fingerprint density at radius 3 is 2.50 bits per heavy atom. The van der Waals surface area contributed by atoms with Gasteiger partial charge in [-0.1, -0.05) is 12.1 Å². The van der Waals surface area contributed by atoms with Crippen molar-refractivity contribution >= 4 is 12.4 Å². The SMILES string of the molecule is CC1(c2noc(CC(F)(F)F)n2)CCNCC1.Cl. The summed E-state index contributed by atoms with van der Waals surface area (Å²) in [4.78, 5) is 3.87. The van der Waals surface area contributed by atoms with Gasteiger partial charge in [-0.2, -0.15) is 18.2 Å². The van der Waals surface area contributed by atoms with Crippen LogP contribution in [0.5, 0.6) is 0 Å². The molecular weight excluding hydrogens is 271 g/mol. The molecule has 1 saturated heterocycles. The molecule has 2 rings (SSSR count). The van der Waals surface area contributed by atoms with Gasteiger partial charge in [0.1, 0.15) is 6.42 Å². The van der Waals surface area contributed by atoms with E-state index in [0.717, 1.165) is 25.9 Å². The highest BCUT2D eigenvalue weighted by Gasteiger charge is 2.36. The highest BCUT2D eigenvalue weighted by Crippen LogP contribution is 2.31.